The number of carbonyl (C=O) groups excluding carboxylic acids is 1. The molecule has 0 saturated heterocycles. The minimum Gasteiger partial charge on any atom is -0.326 e. The van der Waals surface area contributed by atoms with Gasteiger partial charge in [0, 0.05) is 28.5 Å². The Kier molecular flexibility index (Phi) is 5.50. The summed E-state index contributed by atoms with van der Waals surface area (Å²) in [5.41, 5.74) is 4.93. The first kappa shape index (κ1) is 16.4. The number of carbonyl (C=O) groups is 1. The third-order valence-electron chi connectivity index (χ3n) is 3.53. The van der Waals surface area contributed by atoms with Gasteiger partial charge in [0.05, 0.1) is 6.42 Å². The molecule has 0 unspecified atom stereocenters. The number of rotatable bonds is 5. The van der Waals surface area contributed by atoms with Crippen LogP contribution in [-0.2, 0) is 27.8 Å². The molecule has 2 rings (SSSR count). The van der Waals surface area contributed by atoms with Crippen LogP contribution in [-0.4, -0.2) is 16.4 Å². The number of aryl methyl sites for hydroxylation is 1. The molecule has 1 N–H and O–H groups in total. The van der Waals surface area contributed by atoms with Gasteiger partial charge in [0.15, 0.2) is 0 Å². The lowest BCUT2D eigenvalue weighted by molar-refractivity contribution is -0.115. The van der Waals surface area contributed by atoms with E-state index < -0.39 is 10.8 Å². The maximum Gasteiger partial charge on any atom is 0.228 e. The zero-order valence-corrected chi connectivity index (χ0v) is 14.0. The lowest BCUT2D eigenvalue weighted by atomic mass is 10.1. The normalized spacial score (nSPS) is 12.0. The van der Waals surface area contributed by atoms with Gasteiger partial charge < -0.3 is 5.32 Å². The molecule has 0 saturated carbocycles. The van der Waals surface area contributed by atoms with Crippen molar-refractivity contribution in [2.24, 2.45) is 0 Å². The molecule has 0 heterocycles. The Hall–Kier alpha value is -1.94. The fourth-order valence-corrected chi connectivity index (χ4v) is 3.15. The van der Waals surface area contributed by atoms with Crippen LogP contribution in [0.2, 0.25) is 0 Å². The Morgan fingerprint density at radius 1 is 1.14 bits per heavy atom. The standard InChI is InChI=1S/C18H21NO2S/c1-13-6-4-7-15(10-13)11-18(20)19-17-9-5-8-16(14(17)2)12-22(3)21/h4-10H,11-12H2,1-3H3,(H,19,20)/t22-/m0/s1. The first-order valence-electron chi connectivity index (χ1n) is 7.19. The maximum atomic E-state index is 12.2. The van der Waals surface area contributed by atoms with E-state index in [-0.39, 0.29) is 5.91 Å². The van der Waals surface area contributed by atoms with Crippen LogP contribution < -0.4 is 5.32 Å². The number of hydrogen-bond donors (Lipinski definition) is 1. The van der Waals surface area contributed by atoms with Gasteiger partial charge in [-0.2, -0.15) is 0 Å². The second-order valence-electron chi connectivity index (χ2n) is 5.52. The monoisotopic (exact) mass is 315 g/mol. The molecule has 0 spiro atoms. The third-order valence-corrected chi connectivity index (χ3v) is 4.24. The van der Waals surface area contributed by atoms with E-state index in [4.69, 9.17) is 0 Å². The van der Waals surface area contributed by atoms with Crippen molar-refractivity contribution >= 4 is 22.4 Å². The van der Waals surface area contributed by atoms with Gasteiger partial charge in [0.1, 0.15) is 0 Å². The van der Waals surface area contributed by atoms with E-state index in [9.17, 15) is 9.00 Å². The van der Waals surface area contributed by atoms with Crippen molar-refractivity contribution in [1.29, 1.82) is 0 Å². The summed E-state index contributed by atoms with van der Waals surface area (Å²) in [4.78, 5) is 12.2. The summed E-state index contributed by atoms with van der Waals surface area (Å²) in [6.07, 6.45) is 2.04. The molecule has 0 radical (unpaired) electrons. The van der Waals surface area contributed by atoms with Gasteiger partial charge in [-0.05, 0) is 36.6 Å². The molecule has 4 heteroatoms. The summed E-state index contributed by atoms with van der Waals surface area (Å²) in [6.45, 7) is 3.96. The Bertz CT molecular complexity index is 710. The second kappa shape index (κ2) is 7.36. The quantitative estimate of drug-likeness (QED) is 0.919. The lowest BCUT2D eigenvalue weighted by Crippen LogP contribution is -2.15. The van der Waals surface area contributed by atoms with E-state index in [1.807, 2.05) is 56.3 Å². The molecular formula is C18H21NO2S. The topological polar surface area (TPSA) is 46.2 Å². The summed E-state index contributed by atoms with van der Waals surface area (Å²) in [5.74, 6) is 0.469. The molecule has 0 aromatic heterocycles. The maximum absolute atomic E-state index is 12.2. The van der Waals surface area contributed by atoms with Crippen LogP contribution in [0.15, 0.2) is 42.5 Å². The number of nitrogens with one attached hydrogen (secondary N) is 1. The van der Waals surface area contributed by atoms with Crippen LogP contribution in [0.3, 0.4) is 0 Å². The van der Waals surface area contributed by atoms with Crippen molar-refractivity contribution in [3.05, 3.63) is 64.7 Å². The van der Waals surface area contributed by atoms with Gasteiger partial charge in [-0.3, -0.25) is 9.00 Å². The molecule has 0 bridgehead atoms. The summed E-state index contributed by atoms with van der Waals surface area (Å²) in [7, 11) is -0.895. The van der Waals surface area contributed by atoms with Crippen LogP contribution in [0.25, 0.3) is 0 Å². The van der Waals surface area contributed by atoms with Crippen molar-refractivity contribution in [3.63, 3.8) is 0 Å². The first-order chi connectivity index (χ1) is 10.5. The van der Waals surface area contributed by atoms with Crippen LogP contribution >= 0.6 is 0 Å². The molecule has 0 aliphatic carbocycles. The zero-order chi connectivity index (χ0) is 16.1. The van der Waals surface area contributed by atoms with Gasteiger partial charge >= 0.3 is 0 Å². The Labute approximate surface area is 134 Å². The van der Waals surface area contributed by atoms with Gasteiger partial charge in [-0.1, -0.05) is 42.0 Å². The smallest absolute Gasteiger partial charge is 0.228 e. The summed E-state index contributed by atoms with van der Waals surface area (Å²) in [5, 5.41) is 2.95. The molecule has 1 atom stereocenters. The highest BCUT2D eigenvalue weighted by Crippen LogP contribution is 2.20. The summed E-state index contributed by atoms with van der Waals surface area (Å²) in [6, 6.07) is 13.7. The lowest BCUT2D eigenvalue weighted by Gasteiger charge is -2.12. The highest BCUT2D eigenvalue weighted by atomic mass is 32.2. The first-order valence-corrected chi connectivity index (χ1v) is 8.92. The molecular weight excluding hydrogens is 294 g/mol. The molecule has 0 aliphatic rings. The van der Waals surface area contributed by atoms with E-state index in [0.717, 1.165) is 27.9 Å². The van der Waals surface area contributed by atoms with Crippen LogP contribution in [0, 0.1) is 13.8 Å². The molecule has 3 nitrogen and oxygen atoms in total. The molecule has 22 heavy (non-hydrogen) atoms. The Morgan fingerprint density at radius 2 is 1.86 bits per heavy atom. The minimum atomic E-state index is -0.895. The fraction of sp³-hybridized carbons (Fsp3) is 0.278. The minimum absolute atomic E-state index is 0.0385. The van der Waals surface area contributed by atoms with E-state index >= 15 is 0 Å². The van der Waals surface area contributed by atoms with Crippen molar-refractivity contribution in [1.82, 2.24) is 0 Å². The number of hydrogen-bond acceptors (Lipinski definition) is 2. The summed E-state index contributed by atoms with van der Waals surface area (Å²) >= 11 is 0. The number of amides is 1. The van der Waals surface area contributed by atoms with Crippen molar-refractivity contribution in [2.75, 3.05) is 11.6 Å². The fourth-order valence-electron chi connectivity index (χ4n) is 2.40. The van der Waals surface area contributed by atoms with Gasteiger partial charge in [-0.25, -0.2) is 0 Å². The molecule has 116 valence electrons. The second-order valence-corrected chi connectivity index (χ2v) is 6.96. The Balaban J connectivity index is 2.10. The summed E-state index contributed by atoms with van der Waals surface area (Å²) < 4.78 is 11.4. The highest BCUT2D eigenvalue weighted by molar-refractivity contribution is 7.83. The van der Waals surface area contributed by atoms with Gasteiger partial charge in [-0.15, -0.1) is 0 Å². The zero-order valence-electron chi connectivity index (χ0n) is 13.2. The predicted octanol–water partition coefficient (Wildman–Crippen LogP) is 3.36. The molecule has 0 fully saturated rings. The van der Waals surface area contributed by atoms with Crippen molar-refractivity contribution in [2.45, 2.75) is 26.0 Å². The van der Waals surface area contributed by atoms with E-state index in [1.54, 1.807) is 6.26 Å². The molecule has 2 aromatic rings. The van der Waals surface area contributed by atoms with Crippen LogP contribution in [0.4, 0.5) is 5.69 Å². The number of anilines is 1. The largest absolute Gasteiger partial charge is 0.326 e. The Morgan fingerprint density at radius 3 is 2.55 bits per heavy atom. The van der Waals surface area contributed by atoms with Gasteiger partial charge in [0.25, 0.3) is 0 Å². The van der Waals surface area contributed by atoms with E-state index in [0.29, 0.717) is 12.2 Å². The third kappa shape index (κ3) is 4.53. The van der Waals surface area contributed by atoms with E-state index in [1.165, 1.54) is 0 Å². The van der Waals surface area contributed by atoms with Crippen LogP contribution in [0.5, 0.6) is 0 Å². The van der Waals surface area contributed by atoms with Crippen LogP contribution in [0.1, 0.15) is 22.3 Å². The SMILES string of the molecule is Cc1cccc(CC(=O)Nc2cccc(C[S@](C)=O)c2C)c1. The van der Waals surface area contributed by atoms with Gasteiger partial charge in [0.2, 0.25) is 5.91 Å². The predicted molar refractivity (Wildman–Crippen MR) is 92.5 cm³/mol. The molecule has 0 aliphatic heterocycles. The van der Waals surface area contributed by atoms with Crippen molar-refractivity contribution in [3.8, 4) is 0 Å². The van der Waals surface area contributed by atoms with E-state index in [2.05, 4.69) is 5.32 Å². The van der Waals surface area contributed by atoms with Crippen molar-refractivity contribution < 1.29 is 9.00 Å². The molecule has 1 amide bonds. The number of benzene rings is 2. The highest BCUT2D eigenvalue weighted by Gasteiger charge is 2.09. The average molecular weight is 315 g/mol. The molecule has 2 aromatic carbocycles. The average Bonchev–Trinajstić information content (AvgIpc) is 2.42.